The minimum Gasteiger partial charge on any atom is -0.372 e. The lowest BCUT2D eigenvalue weighted by Gasteiger charge is -2.30. The third kappa shape index (κ3) is 3.24. The molecule has 0 amide bonds. The van der Waals surface area contributed by atoms with Crippen molar-refractivity contribution in [2.75, 3.05) is 11.9 Å². The first-order valence-electron chi connectivity index (χ1n) is 6.07. The second-order valence-electron chi connectivity index (χ2n) is 4.92. The minimum atomic E-state index is 0.549. The summed E-state index contributed by atoms with van der Waals surface area (Å²) in [5.74, 6) is 0.725. The fourth-order valence-corrected chi connectivity index (χ4v) is 2.11. The van der Waals surface area contributed by atoms with Gasteiger partial charge in [0.25, 0.3) is 0 Å². The predicted molar refractivity (Wildman–Crippen MR) is 71.7 cm³/mol. The molecule has 0 saturated heterocycles. The van der Waals surface area contributed by atoms with E-state index in [1.54, 1.807) is 0 Å². The minimum absolute atomic E-state index is 0.549. The maximum atomic E-state index is 5.76. The summed E-state index contributed by atoms with van der Waals surface area (Å²) in [5, 5.41) is 0. The quantitative estimate of drug-likeness (QED) is 0.826. The van der Waals surface area contributed by atoms with E-state index < -0.39 is 0 Å². The van der Waals surface area contributed by atoms with Crippen LogP contribution in [0.1, 0.15) is 32.8 Å². The number of nitrogens with zero attached hydrogens (tertiary/aromatic N) is 1. The number of nitrogens with two attached hydrogens (primary N) is 1. The van der Waals surface area contributed by atoms with Crippen molar-refractivity contribution in [2.45, 2.75) is 39.8 Å². The highest BCUT2D eigenvalue weighted by atomic mass is 15.1. The lowest BCUT2D eigenvalue weighted by molar-refractivity contribution is 0.503. The molecule has 2 N–H and O–H groups in total. The number of benzene rings is 1. The maximum absolute atomic E-state index is 5.76. The van der Waals surface area contributed by atoms with Gasteiger partial charge in [0.1, 0.15) is 0 Å². The van der Waals surface area contributed by atoms with Gasteiger partial charge in [0.05, 0.1) is 0 Å². The van der Waals surface area contributed by atoms with E-state index in [4.69, 9.17) is 5.73 Å². The topological polar surface area (TPSA) is 29.3 Å². The molecule has 0 aromatic heterocycles. The molecule has 0 fully saturated rings. The monoisotopic (exact) mass is 220 g/mol. The molecule has 0 spiro atoms. The van der Waals surface area contributed by atoms with Crippen molar-refractivity contribution in [3.63, 3.8) is 0 Å². The Hall–Kier alpha value is -1.02. The molecule has 0 heterocycles. The van der Waals surface area contributed by atoms with Gasteiger partial charge in [-0.3, -0.25) is 0 Å². The van der Waals surface area contributed by atoms with E-state index in [-0.39, 0.29) is 0 Å². The molecular formula is C14H24N2. The first kappa shape index (κ1) is 13.0. The highest BCUT2D eigenvalue weighted by molar-refractivity contribution is 5.53. The summed E-state index contributed by atoms with van der Waals surface area (Å²) in [6, 6.07) is 8.93. The molecule has 16 heavy (non-hydrogen) atoms. The number of rotatable bonds is 5. The Labute approximate surface area is 99.5 Å². The zero-order chi connectivity index (χ0) is 12.1. The third-order valence-corrected chi connectivity index (χ3v) is 3.07. The van der Waals surface area contributed by atoms with Crippen LogP contribution in [0.4, 0.5) is 5.69 Å². The van der Waals surface area contributed by atoms with Gasteiger partial charge in [0.15, 0.2) is 0 Å². The Morgan fingerprint density at radius 1 is 1.19 bits per heavy atom. The molecule has 1 atom stereocenters. The van der Waals surface area contributed by atoms with Crippen molar-refractivity contribution >= 4 is 5.69 Å². The largest absolute Gasteiger partial charge is 0.372 e. The van der Waals surface area contributed by atoms with E-state index in [1.165, 1.54) is 17.7 Å². The van der Waals surface area contributed by atoms with E-state index in [1.807, 2.05) is 6.07 Å². The molecule has 0 saturated carbocycles. The van der Waals surface area contributed by atoms with Crippen LogP contribution >= 0.6 is 0 Å². The average Bonchev–Trinajstić information content (AvgIpc) is 2.27. The highest BCUT2D eigenvalue weighted by Crippen LogP contribution is 2.22. The summed E-state index contributed by atoms with van der Waals surface area (Å²) in [6.45, 7) is 7.40. The zero-order valence-corrected chi connectivity index (χ0v) is 10.9. The van der Waals surface area contributed by atoms with Crippen LogP contribution in [-0.4, -0.2) is 13.1 Å². The molecule has 0 aliphatic heterocycles. The number of anilines is 1. The standard InChI is InChI=1S/C14H24N2/c1-11(2)9-12(3)16(4)14-8-6-5-7-13(14)10-15/h5-8,11-12H,9-10,15H2,1-4H3. The van der Waals surface area contributed by atoms with Gasteiger partial charge in [0.2, 0.25) is 0 Å². The molecule has 0 aliphatic carbocycles. The summed E-state index contributed by atoms with van der Waals surface area (Å²) >= 11 is 0. The smallest absolute Gasteiger partial charge is 0.0411 e. The van der Waals surface area contributed by atoms with Crippen molar-refractivity contribution in [3.05, 3.63) is 29.8 Å². The van der Waals surface area contributed by atoms with Crippen molar-refractivity contribution < 1.29 is 0 Å². The van der Waals surface area contributed by atoms with Crippen LogP contribution < -0.4 is 10.6 Å². The van der Waals surface area contributed by atoms with Crippen molar-refractivity contribution in [1.29, 1.82) is 0 Å². The van der Waals surface area contributed by atoms with E-state index in [0.29, 0.717) is 12.6 Å². The maximum Gasteiger partial charge on any atom is 0.0411 e. The molecular weight excluding hydrogens is 196 g/mol. The van der Waals surface area contributed by atoms with Crippen LogP contribution in [0.3, 0.4) is 0 Å². The summed E-state index contributed by atoms with van der Waals surface area (Å²) in [7, 11) is 2.15. The zero-order valence-electron chi connectivity index (χ0n) is 10.9. The second-order valence-corrected chi connectivity index (χ2v) is 4.92. The predicted octanol–water partition coefficient (Wildman–Crippen LogP) is 3.02. The van der Waals surface area contributed by atoms with E-state index in [2.05, 4.69) is 50.9 Å². The Bertz CT molecular complexity index is 320. The Morgan fingerprint density at radius 3 is 2.38 bits per heavy atom. The molecule has 1 rings (SSSR count). The first-order chi connectivity index (χ1) is 7.56. The molecule has 0 aliphatic rings. The average molecular weight is 220 g/mol. The van der Waals surface area contributed by atoms with Gasteiger partial charge >= 0.3 is 0 Å². The fourth-order valence-electron chi connectivity index (χ4n) is 2.11. The number of hydrogen-bond donors (Lipinski definition) is 1. The second kappa shape index (κ2) is 5.90. The van der Waals surface area contributed by atoms with Crippen LogP contribution in [0.25, 0.3) is 0 Å². The molecule has 2 nitrogen and oxygen atoms in total. The van der Waals surface area contributed by atoms with Crippen LogP contribution in [0.15, 0.2) is 24.3 Å². The first-order valence-corrected chi connectivity index (χ1v) is 6.07. The Kier molecular flexibility index (Phi) is 4.81. The van der Waals surface area contributed by atoms with Crippen molar-refractivity contribution in [2.24, 2.45) is 11.7 Å². The van der Waals surface area contributed by atoms with Crippen LogP contribution in [0, 0.1) is 5.92 Å². The fraction of sp³-hybridized carbons (Fsp3) is 0.571. The number of hydrogen-bond acceptors (Lipinski definition) is 2. The summed E-state index contributed by atoms with van der Waals surface area (Å²) in [4.78, 5) is 2.34. The molecule has 1 aromatic carbocycles. The van der Waals surface area contributed by atoms with Crippen LogP contribution in [-0.2, 0) is 6.54 Å². The van der Waals surface area contributed by atoms with Gasteiger partial charge in [-0.2, -0.15) is 0 Å². The van der Waals surface area contributed by atoms with Gasteiger partial charge in [-0.05, 0) is 30.9 Å². The summed E-state index contributed by atoms with van der Waals surface area (Å²) < 4.78 is 0. The third-order valence-electron chi connectivity index (χ3n) is 3.07. The molecule has 0 bridgehead atoms. The molecule has 2 heteroatoms. The van der Waals surface area contributed by atoms with Crippen molar-refractivity contribution in [3.8, 4) is 0 Å². The normalized spacial score (nSPS) is 12.9. The van der Waals surface area contributed by atoms with Gasteiger partial charge in [-0.25, -0.2) is 0 Å². The van der Waals surface area contributed by atoms with Crippen molar-refractivity contribution in [1.82, 2.24) is 0 Å². The lowest BCUT2D eigenvalue weighted by Crippen LogP contribution is -2.31. The van der Waals surface area contributed by atoms with E-state index in [9.17, 15) is 0 Å². The molecule has 1 unspecified atom stereocenters. The lowest BCUT2D eigenvalue weighted by atomic mass is 10.0. The van der Waals surface area contributed by atoms with E-state index in [0.717, 1.165) is 5.92 Å². The Balaban J connectivity index is 2.82. The highest BCUT2D eigenvalue weighted by Gasteiger charge is 2.13. The van der Waals surface area contributed by atoms with Gasteiger partial charge < -0.3 is 10.6 Å². The van der Waals surface area contributed by atoms with Crippen LogP contribution in [0.2, 0.25) is 0 Å². The van der Waals surface area contributed by atoms with Gasteiger partial charge in [-0.1, -0.05) is 32.0 Å². The van der Waals surface area contributed by atoms with Gasteiger partial charge in [0, 0.05) is 25.3 Å². The SMILES string of the molecule is CC(C)CC(C)N(C)c1ccccc1CN. The summed E-state index contributed by atoms with van der Waals surface area (Å²) in [6.07, 6.45) is 1.20. The molecule has 1 aromatic rings. The number of para-hydroxylation sites is 1. The molecule has 90 valence electrons. The van der Waals surface area contributed by atoms with Gasteiger partial charge in [-0.15, -0.1) is 0 Å². The van der Waals surface area contributed by atoms with Crippen LogP contribution in [0.5, 0.6) is 0 Å². The Morgan fingerprint density at radius 2 is 1.81 bits per heavy atom. The van der Waals surface area contributed by atoms with E-state index >= 15 is 0 Å². The summed E-state index contributed by atoms with van der Waals surface area (Å²) in [5.41, 5.74) is 8.25. The molecule has 0 radical (unpaired) electrons.